The molecule has 0 aromatic heterocycles. The van der Waals surface area contributed by atoms with Crippen LogP contribution >= 0.6 is 0 Å². The number of hydrogen-bond donors (Lipinski definition) is 2. The standard InChI is InChI=1S/C14H18N2O/c17-14(16-8-10-5-6-10)13-7-11-3-1-2-4-12(11)9-15-13/h1-4,10,13,15H,5-9H2,(H,16,17)/t13-/m1/s1. The fourth-order valence-corrected chi connectivity index (χ4v) is 2.33. The van der Waals surface area contributed by atoms with Gasteiger partial charge in [0.05, 0.1) is 6.04 Å². The van der Waals surface area contributed by atoms with Gasteiger partial charge in [-0.1, -0.05) is 24.3 Å². The van der Waals surface area contributed by atoms with Crippen LogP contribution in [-0.2, 0) is 17.8 Å². The molecule has 90 valence electrons. The summed E-state index contributed by atoms with van der Waals surface area (Å²) in [5, 5.41) is 6.35. The molecule has 0 bridgehead atoms. The van der Waals surface area contributed by atoms with E-state index < -0.39 is 0 Å². The molecule has 1 fully saturated rings. The van der Waals surface area contributed by atoms with Crippen LogP contribution in [0.2, 0.25) is 0 Å². The number of carbonyl (C=O) groups is 1. The van der Waals surface area contributed by atoms with Gasteiger partial charge >= 0.3 is 0 Å². The third-order valence-corrected chi connectivity index (χ3v) is 3.66. The normalized spacial score (nSPS) is 22.9. The molecule has 3 heteroatoms. The van der Waals surface area contributed by atoms with E-state index in [1.54, 1.807) is 0 Å². The lowest BCUT2D eigenvalue weighted by Crippen LogP contribution is -2.48. The summed E-state index contributed by atoms with van der Waals surface area (Å²) in [5.41, 5.74) is 2.62. The van der Waals surface area contributed by atoms with Crippen LogP contribution < -0.4 is 10.6 Å². The molecule has 0 spiro atoms. The van der Waals surface area contributed by atoms with Crippen LogP contribution in [0, 0.1) is 5.92 Å². The molecule has 1 atom stereocenters. The fourth-order valence-electron chi connectivity index (χ4n) is 2.33. The Morgan fingerprint density at radius 1 is 1.29 bits per heavy atom. The monoisotopic (exact) mass is 230 g/mol. The van der Waals surface area contributed by atoms with E-state index in [9.17, 15) is 4.79 Å². The molecule has 1 saturated carbocycles. The Bertz CT molecular complexity index is 426. The minimum atomic E-state index is -0.0522. The highest BCUT2D eigenvalue weighted by molar-refractivity contribution is 5.82. The van der Waals surface area contributed by atoms with Crippen molar-refractivity contribution in [2.45, 2.75) is 31.8 Å². The smallest absolute Gasteiger partial charge is 0.237 e. The Hall–Kier alpha value is -1.35. The van der Waals surface area contributed by atoms with Crippen molar-refractivity contribution in [2.24, 2.45) is 5.92 Å². The Morgan fingerprint density at radius 2 is 2.06 bits per heavy atom. The Balaban J connectivity index is 1.60. The maximum atomic E-state index is 12.0. The van der Waals surface area contributed by atoms with E-state index in [-0.39, 0.29) is 11.9 Å². The van der Waals surface area contributed by atoms with Crippen LogP contribution in [0.5, 0.6) is 0 Å². The first-order valence-electron chi connectivity index (χ1n) is 6.41. The molecule has 1 aliphatic carbocycles. The largest absolute Gasteiger partial charge is 0.354 e. The van der Waals surface area contributed by atoms with Crippen molar-refractivity contribution < 1.29 is 4.79 Å². The summed E-state index contributed by atoms with van der Waals surface area (Å²) >= 11 is 0. The highest BCUT2D eigenvalue weighted by Gasteiger charge is 2.26. The fraction of sp³-hybridized carbons (Fsp3) is 0.500. The predicted octanol–water partition coefficient (Wildman–Crippen LogP) is 1.23. The quantitative estimate of drug-likeness (QED) is 0.820. The van der Waals surface area contributed by atoms with Crippen LogP contribution in [0.4, 0.5) is 0 Å². The van der Waals surface area contributed by atoms with E-state index in [2.05, 4.69) is 22.8 Å². The number of benzene rings is 1. The van der Waals surface area contributed by atoms with Gasteiger partial charge in [0.25, 0.3) is 0 Å². The Kier molecular flexibility index (Phi) is 2.85. The zero-order valence-electron chi connectivity index (χ0n) is 9.91. The highest BCUT2D eigenvalue weighted by Crippen LogP contribution is 2.27. The van der Waals surface area contributed by atoms with Crippen LogP contribution in [-0.4, -0.2) is 18.5 Å². The van der Waals surface area contributed by atoms with Gasteiger partial charge < -0.3 is 10.6 Å². The second-order valence-corrected chi connectivity index (χ2v) is 5.09. The second-order valence-electron chi connectivity index (χ2n) is 5.09. The molecule has 2 aliphatic rings. The average Bonchev–Trinajstić information content (AvgIpc) is 3.19. The maximum absolute atomic E-state index is 12.0. The van der Waals surface area contributed by atoms with Crippen LogP contribution in [0.3, 0.4) is 0 Å². The lowest BCUT2D eigenvalue weighted by atomic mass is 9.95. The van der Waals surface area contributed by atoms with Gasteiger partial charge in [-0.25, -0.2) is 0 Å². The molecular weight excluding hydrogens is 212 g/mol. The molecule has 1 amide bonds. The first-order valence-corrected chi connectivity index (χ1v) is 6.41. The molecule has 0 saturated heterocycles. The number of amides is 1. The summed E-state index contributed by atoms with van der Waals surface area (Å²) in [5.74, 6) is 0.904. The Morgan fingerprint density at radius 3 is 2.82 bits per heavy atom. The number of hydrogen-bond acceptors (Lipinski definition) is 2. The third kappa shape index (κ3) is 2.50. The first-order chi connectivity index (χ1) is 8.33. The van der Waals surface area contributed by atoms with Crippen molar-refractivity contribution in [3.63, 3.8) is 0 Å². The van der Waals surface area contributed by atoms with Gasteiger partial charge in [0.1, 0.15) is 0 Å². The van der Waals surface area contributed by atoms with Crippen molar-refractivity contribution in [1.82, 2.24) is 10.6 Å². The van der Waals surface area contributed by atoms with Crippen LogP contribution in [0.15, 0.2) is 24.3 Å². The van der Waals surface area contributed by atoms with E-state index in [1.165, 1.54) is 24.0 Å². The van der Waals surface area contributed by atoms with E-state index in [1.807, 2.05) is 12.1 Å². The van der Waals surface area contributed by atoms with Gasteiger partial charge in [-0.2, -0.15) is 0 Å². The van der Waals surface area contributed by atoms with Crippen LogP contribution in [0.25, 0.3) is 0 Å². The minimum absolute atomic E-state index is 0.0522. The molecule has 0 unspecified atom stereocenters. The van der Waals surface area contributed by atoms with Crippen molar-refractivity contribution in [2.75, 3.05) is 6.54 Å². The molecule has 0 radical (unpaired) electrons. The molecule has 3 rings (SSSR count). The number of rotatable bonds is 3. The molecule has 1 aromatic carbocycles. The summed E-state index contributed by atoms with van der Waals surface area (Å²) in [6.45, 7) is 1.66. The summed E-state index contributed by atoms with van der Waals surface area (Å²) in [6, 6.07) is 8.29. The molecule has 1 aliphatic heterocycles. The second kappa shape index (κ2) is 4.49. The third-order valence-electron chi connectivity index (χ3n) is 3.66. The maximum Gasteiger partial charge on any atom is 0.237 e. The highest BCUT2D eigenvalue weighted by atomic mass is 16.2. The van der Waals surface area contributed by atoms with Gasteiger partial charge in [-0.15, -0.1) is 0 Å². The van der Waals surface area contributed by atoms with Gasteiger partial charge in [-0.05, 0) is 36.3 Å². The van der Waals surface area contributed by atoms with Gasteiger partial charge in [0, 0.05) is 13.1 Å². The number of carbonyl (C=O) groups excluding carboxylic acids is 1. The van der Waals surface area contributed by atoms with Gasteiger partial charge in [0.2, 0.25) is 5.91 Å². The number of nitrogens with one attached hydrogen (secondary N) is 2. The molecule has 17 heavy (non-hydrogen) atoms. The van der Waals surface area contributed by atoms with E-state index in [4.69, 9.17) is 0 Å². The van der Waals surface area contributed by atoms with Crippen molar-refractivity contribution >= 4 is 5.91 Å². The summed E-state index contributed by atoms with van der Waals surface area (Å²) in [7, 11) is 0. The lowest BCUT2D eigenvalue weighted by Gasteiger charge is -2.25. The van der Waals surface area contributed by atoms with Crippen molar-refractivity contribution in [3.05, 3.63) is 35.4 Å². The molecule has 3 nitrogen and oxygen atoms in total. The predicted molar refractivity (Wildman–Crippen MR) is 66.5 cm³/mol. The first kappa shape index (κ1) is 10.8. The average molecular weight is 230 g/mol. The van der Waals surface area contributed by atoms with E-state index in [0.29, 0.717) is 0 Å². The summed E-state index contributed by atoms with van der Waals surface area (Å²) in [6.07, 6.45) is 3.37. The molecule has 2 N–H and O–H groups in total. The van der Waals surface area contributed by atoms with Crippen molar-refractivity contribution in [3.8, 4) is 0 Å². The summed E-state index contributed by atoms with van der Waals surface area (Å²) < 4.78 is 0. The molecule has 1 aromatic rings. The molecule has 1 heterocycles. The van der Waals surface area contributed by atoms with Gasteiger partial charge in [-0.3, -0.25) is 4.79 Å². The minimum Gasteiger partial charge on any atom is -0.354 e. The SMILES string of the molecule is O=C(NCC1CC1)[C@H]1Cc2ccccc2CN1. The summed E-state index contributed by atoms with van der Waals surface area (Å²) in [4.78, 5) is 12.0. The van der Waals surface area contributed by atoms with Gasteiger partial charge in [0.15, 0.2) is 0 Å². The topological polar surface area (TPSA) is 41.1 Å². The molecular formula is C14H18N2O. The van der Waals surface area contributed by atoms with Crippen molar-refractivity contribution in [1.29, 1.82) is 0 Å². The number of fused-ring (bicyclic) bond motifs is 1. The zero-order chi connectivity index (χ0) is 11.7. The van der Waals surface area contributed by atoms with E-state index >= 15 is 0 Å². The Labute approximate surface area is 102 Å². The lowest BCUT2D eigenvalue weighted by molar-refractivity contribution is -0.123. The van der Waals surface area contributed by atoms with Crippen LogP contribution in [0.1, 0.15) is 24.0 Å². The van der Waals surface area contributed by atoms with E-state index in [0.717, 1.165) is 25.4 Å². The zero-order valence-corrected chi connectivity index (χ0v) is 9.91.